The van der Waals surface area contributed by atoms with Gasteiger partial charge in [0.1, 0.15) is 6.04 Å². The minimum Gasteiger partial charge on any atom is -0.342 e. The molecule has 0 unspecified atom stereocenters. The maximum absolute atomic E-state index is 13.5. The van der Waals surface area contributed by atoms with E-state index in [-0.39, 0.29) is 30.1 Å². The Bertz CT molecular complexity index is 1040. The highest BCUT2D eigenvalue weighted by atomic mass is 16.2. The topological polar surface area (TPSA) is 73.8 Å². The molecule has 0 saturated carbocycles. The second kappa shape index (κ2) is 9.98. The van der Waals surface area contributed by atoms with Gasteiger partial charge in [0.05, 0.1) is 5.92 Å². The van der Waals surface area contributed by atoms with E-state index in [0.29, 0.717) is 39.1 Å². The smallest absolute Gasteiger partial charge is 0.246 e. The zero-order valence-electron chi connectivity index (χ0n) is 19.0. The van der Waals surface area contributed by atoms with Crippen molar-refractivity contribution in [3.05, 3.63) is 67.0 Å². The standard InChI is InChI=1S/C26H30N4O3/c1-3-11-29-12-13-30(25(32)22-16-24(31)28(4-2)18-22)23(26(29)33)15-19-7-5-8-20(14-19)21-9-6-10-27-17-21/h3,5-10,14,17,22-23H,1,4,11-13,15-16,18H2,2H3/t22-,23+/m0/s1. The number of benzene rings is 1. The molecule has 2 aromatic rings. The maximum Gasteiger partial charge on any atom is 0.246 e. The molecule has 4 rings (SSSR count). The van der Waals surface area contributed by atoms with Crippen LogP contribution in [-0.2, 0) is 20.8 Å². The van der Waals surface area contributed by atoms with E-state index in [0.717, 1.165) is 16.7 Å². The Kier molecular flexibility index (Phi) is 6.87. The molecule has 2 fully saturated rings. The molecule has 1 aromatic carbocycles. The van der Waals surface area contributed by atoms with Crippen molar-refractivity contribution < 1.29 is 14.4 Å². The van der Waals surface area contributed by atoms with Crippen LogP contribution < -0.4 is 0 Å². The Balaban J connectivity index is 1.59. The Morgan fingerprint density at radius 3 is 2.67 bits per heavy atom. The summed E-state index contributed by atoms with van der Waals surface area (Å²) < 4.78 is 0. The van der Waals surface area contributed by atoms with Gasteiger partial charge in [-0.15, -0.1) is 6.58 Å². The van der Waals surface area contributed by atoms with E-state index in [1.165, 1.54) is 0 Å². The van der Waals surface area contributed by atoms with Crippen molar-refractivity contribution in [3.8, 4) is 11.1 Å². The van der Waals surface area contributed by atoms with Gasteiger partial charge >= 0.3 is 0 Å². The number of likely N-dealkylation sites (tertiary alicyclic amines) is 1. The van der Waals surface area contributed by atoms with E-state index < -0.39 is 6.04 Å². The molecular weight excluding hydrogens is 416 g/mol. The molecule has 3 heterocycles. The van der Waals surface area contributed by atoms with Crippen LogP contribution in [0.3, 0.4) is 0 Å². The fourth-order valence-electron chi connectivity index (χ4n) is 4.75. The maximum atomic E-state index is 13.5. The molecule has 2 atom stereocenters. The van der Waals surface area contributed by atoms with Crippen molar-refractivity contribution in [2.75, 3.05) is 32.7 Å². The Labute approximate surface area is 194 Å². The fraction of sp³-hybridized carbons (Fsp3) is 0.385. The summed E-state index contributed by atoms with van der Waals surface area (Å²) >= 11 is 0. The van der Waals surface area contributed by atoms with Crippen LogP contribution in [0.2, 0.25) is 0 Å². The lowest BCUT2D eigenvalue weighted by Crippen LogP contribution is -2.60. The quantitative estimate of drug-likeness (QED) is 0.612. The molecule has 0 spiro atoms. The molecule has 172 valence electrons. The number of amides is 3. The lowest BCUT2D eigenvalue weighted by atomic mass is 9.96. The number of nitrogens with zero attached hydrogens (tertiary/aromatic N) is 4. The van der Waals surface area contributed by atoms with Crippen LogP contribution in [0.25, 0.3) is 11.1 Å². The summed E-state index contributed by atoms with van der Waals surface area (Å²) in [6.45, 7) is 8.10. The predicted molar refractivity (Wildman–Crippen MR) is 126 cm³/mol. The van der Waals surface area contributed by atoms with Crippen LogP contribution in [0.5, 0.6) is 0 Å². The van der Waals surface area contributed by atoms with Gasteiger partial charge in [-0.25, -0.2) is 0 Å². The largest absolute Gasteiger partial charge is 0.342 e. The van der Waals surface area contributed by atoms with Gasteiger partial charge in [-0.1, -0.05) is 36.4 Å². The number of rotatable bonds is 7. The van der Waals surface area contributed by atoms with Crippen LogP contribution in [0.15, 0.2) is 61.4 Å². The van der Waals surface area contributed by atoms with E-state index in [2.05, 4.69) is 17.6 Å². The van der Waals surface area contributed by atoms with Gasteiger partial charge in [-0.2, -0.15) is 0 Å². The first-order chi connectivity index (χ1) is 16.0. The van der Waals surface area contributed by atoms with Gasteiger partial charge in [0.15, 0.2) is 0 Å². The molecule has 2 aliphatic heterocycles. The van der Waals surface area contributed by atoms with Gasteiger partial charge in [0.25, 0.3) is 0 Å². The first kappa shape index (κ1) is 22.7. The molecule has 2 aliphatic rings. The monoisotopic (exact) mass is 446 g/mol. The second-order valence-corrected chi connectivity index (χ2v) is 8.60. The van der Waals surface area contributed by atoms with E-state index in [4.69, 9.17) is 0 Å². The molecular formula is C26H30N4O3. The van der Waals surface area contributed by atoms with Gasteiger partial charge in [0.2, 0.25) is 17.7 Å². The average Bonchev–Trinajstić information content (AvgIpc) is 3.23. The predicted octanol–water partition coefficient (Wildman–Crippen LogP) is 2.38. The van der Waals surface area contributed by atoms with Crippen LogP contribution in [0.4, 0.5) is 0 Å². The van der Waals surface area contributed by atoms with E-state index in [9.17, 15) is 14.4 Å². The van der Waals surface area contributed by atoms with E-state index in [1.807, 2.05) is 43.5 Å². The van der Waals surface area contributed by atoms with E-state index >= 15 is 0 Å². The van der Waals surface area contributed by atoms with Gasteiger partial charge in [-0.3, -0.25) is 19.4 Å². The summed E-state index contributed by atoms with van der Waals surface area (Å²) in [6.07, 6.45) is 5.90. The van der Waals surface area contributed by atoms with Crippen LogP contribution in [0, 0.1) is 5.92 Å². The van der Waals surface area contributed by atoms with Crippen molar-refractivity contribution in [1.82, 2.24) is 19.7 Å². The Morgan fingerprint density at radius 2 is 1.97 bits per heavy atom. The number of piperazine rings is 1. The molecule has 0 radical (unpaired) electrons. The van der Waals surface area contributed by atoms with E-state index in [1.54, 1.807) is 27.0 Å². The number of hydrogen-bond acceptors (Lipinski definition) is 4. The number of carbonyl (C=O) groups is 3. The molecule has 3 amide bonds. The summed E-state index contributed by atoms with van der Waals surface area (Å²) in [5, 5.41) is 0. The number of carbonyl (C=O) groups excluding carboxylic acids is 3. The molecule has 2 saturated heterocycles. The summed E-state index contributed by atoms with van der Waals surface area (Å²) in [5.74, 6) is -0.550. The number of aromatic nitrogens is 1. The molecule has 0 bridgehead atoms. The van der Waals surface area contributed by atoms with Crippen molar-refractivity contribution in [3.63, 3.8) is 0 Å². The summed E-state index contributed by atoms with van der Waals surface area (Å²) in [5.41, 5.74) is 3.00. The van der Waals surface area contributed by atoms with Crippen LogP contribution in [-0.4, -0.2) is 76.2 Å². The molecule has 0 aliphatic carbocycles. The van der Waals surface area contributed by atoms with Crippen LogP contribution >= 0.6 is 0 Å². The fourth-order valence-corrected chi connectivity index (χ4v) is 4.75. The van der Waals surface area contributed by atoms with Gasteiger partial charge < -0.3 is 14.7 Å². The van der Waals surface area contributed by atoms with Crippen molar-refractivity contribution in [2.24, 2.45) is 5.92 Å². The summed E-state index contributed by atoms with van der Waals surface area (Å²) in [7, 11) is 0. The zero-order chi connectivity index (χ0) is 23.4. The van der Waals surface area contributed by atoms with Gasteiger partial charge in [-0.05, 0) is 29.7 Å². The summed E-state index contributed by atoms with van der Waals surface area (Å²) in [6, 6.07) is 11.3. The van der Waals surface area contributed by atoms with Crippen molar-refractivity contribution in [1.29, 1.82) is 0 Å². The third kappa shape index (κ3) is 4.82. The molecule has 0 N–H and O–H groups in total. The minimum absolute atomic E-state index is 0.00758. The SMILES string of the molecule is C=CCN1CCN(C(=O)[C@H]2CC(=O)N(CC)C2)[C@H](Cc2cccc(-c3cccnc3)c2)C1=O. The highest BCUT2D eigenvalue weighted by molar-refractivity contribution is 5.93. The van der Waals surface area contributed by atoms with Crippen molar-refractivity contribution >= 4 is 17.7 Å². The first-order valence-corrected chi connectivity index (χ1v) is 11.5. The molecule has 7 nitrogen and oxygen atoms in total. The molecule has 33 heavy (non-hydrogen) atoms. The van der Waals surface area contributed by atoms with Gasteiger partial charge in [0, 0.05) is 58.0 Å². The molecule has 7 heteroatoms. The minimum atomic E-state index is -0.596. The number of pyridine rings is 1. The van der Waals surface area contributed by atoms with Crippen molar-refractivity contribution in [2.45, 2.75) is 25.8 Å². The Morgan fingerprint density at radius 1 is 1.15 bits per heavy atom. The third-order valence-electron chi connectivity index (χ3n) is 6.51. The highest BCUT2D eigenvalue weighted by Gasteiger charge is 2.42. The first-order valence-electron chi connectivity index (χ1n) is 11.5. The average molecular weight is 447 g/mol. The molecule has 1 aromatic heterocycles. The zero-order valence-corrected chi connectivity index (χ0v) is 19.0. The highest BCUT2D eigenvalue weighted by Crippen LogP contribution is 2.26. The summed E-state index contributed by atoms with van der Waals surface area (Å²) in [4.78, 5) is 48.4. The number of hydrogen-bond donors (Lipinski definition) is 0. The lowest BCUT2D eigenvalue weighted by molar-refractivity contribution is -0.153. The second-order valence-electron chi connectivity index (χ2n) is 8.60. The third-order valence-corrected chi connectivity index (χ3v) is 6.51. The lowest BCUT2D eigenvalue weighted by Gasteiger charge is -2.41. The Hall–Kier alpha value is -3.48. The van der Waals surface area contributed by atoms with Crippen LogP contribution in [0.1, 0.15) is 18.9 Å². The normalized spacial score (nSPS) is 20.9.